The molecule has 1 aromatic heterocycles. The molecule has 0 bridgehead atoms. The molecule has 3 rings (SSSR count). The highest BCUT2D eigenvalue weighted by Crippen LogP contribution is 2.26. The van der Waals surface area contributed by atoms with Crippen molar-refractivity contribution in [2.75, 3.05) is 12.4 Å². The lowest BCUT2D eigenvalue weighted by Crippen LogP contribution is -2.24. The summed E-state index contributed by atoms with van der Waals surface area (Å²) in [5.41, 5.74) is 7.62. The van der Waals surface area contributed by atoms with Crippen LogP contribution in [-0.2, 0) is 4.79 Å². The number of nitrogens with one attached hydrogen (secondary N) is 1. The number of aryl methyl sites for hydroxylation is 1. The number of methoxy groups -OCH3 is 1. The molecule has 8 heteroatoms. The van der Waals surface area contributed by atoms with Crippen molar-refractivity contribution in [3.8, 4) is 11.4 Å². The maximum Gasteiger partial charge on any atom is 0.297 e. The second kappa shape index (κ2) is 7.97. The monoisotopic (exact) mass is 392 g/mol. The number of anilines is 1. The molecule has 0 saturated carbocycles. The first kappa shape index (κ1) is 19.8. The van der Waals surface area contributed by atoms with E-state index >= 15 is 0 Å². The molecular formula is C21H20N4O4. The van der Waals surface area contributed by atoms with Crippen molar-refractivity contribution in [3.05, 3.63) is 71.0 Å². The van der Waals surface area contributed by atoms with E-state index in [1.165, 1.54) is 25.3 Å². The number of aromatic nitrogens is 2. The topological polar surface area (TPSA) is 116 Å². The molecule has 0 unspecified atom stereocenters. The number of Topliss-reactive ketones (excluding diaryl/α,β-unsaturated/α-hetero) is 1. The lowest BCUT2D eigenvalue weighted by atomic mass is 10.1. The van der Waals surface area contributed by atoms with Crippen LogP contribution in [0.1, 0.15) is 32.1 Å². The molecule has 8 nitrogen and oxygen atoms in total. The number of rotatable bonds is 6. The van der Waals surface area contributed by atoms with E-state index in [0.29, 0.717) is 17.1 Å². The van der Waals surface area contributed by atoms with Crippen LogP contribution in [0.5, 0.6) is 5.75 Å². The highest BCUT2D eigenvalue weighted by Gasteiger charge is 2.26. The van der Waals surface area contributed by atoms with Crippen molar-refractivity contribution in [3.63, 3.8) is 0 Å². The Labute approximate surface area is 167 Å². The summed E-state index contributed by atoms with van der Waals surface area (Å²) in [6.45, 7) is 3.39. The van der Waals surface area contributed by atoms with E-state index in [1.54, 1.807) is 18.5 Å². The van der Waals surface area contributed by atoms with Crippen LogP contribution in [0, 0.1) is 13.8 Å². The van der Waals surface area contributed by atoms with Crippen molar-refractivity contribution in [2.24, 2.45) is 5.73 Å². The van der Waals surface area contributed by atoms with Crippen LogP contribution >= 0.6 is 0 Å². The normalized spacial score (nSPS) is 10.4. The van der Waals surface area contributed by atoms with Crippen molar-refractivity contribution in [2.45, 2.75) is 13.8 Å². The minimum Gasteiger partial charge on any atom is -0.495 e. The van der Waals surface area contributed by atoms with Gasteiger partial charge in [0, 0.05) is 5.56 Å². The third-order valence-electron chi connectivity index (χ3n) is 4.46. The summed E-state index contributed by atoms with van der Waals surface area (Å²) < 4.78 is 6.80. The van der Waals surface area contributed by atoms with Gasteiger partial charge in [-0.3, -0.25) is 14.4 Å². The number of hydrogen-bond acceptors (Lipinski definition) is 5. The van der Waals surface area contributed by atoms with E-state index in [9.17, 15) is 14.4 Å². The average molecular weight is 392 g/mol. The molecule has 0 saturated heterocycles. The lowest BCUT2D eigenvalue weighted by molar-refractivity contribution is -0.112. The molecule has 0 aliphatic heterocycles. The van der Waals surface area contributed by atoms with Crippen molar-refractivity contribution in [1.29, 1.82) is 0 Å². The second-order valence-electron chi connectivity index (χ2n) is 6.36. The zero-order valence-electron chi connectivity index (χ0n) is 16.2. The molecule has 0 fully saturated rings. The third-order valence-corrected chi connectivity index (χ3v) is 4.46. The molecule has 0 radical (unpaired) electrons. The van der Waals surface area contributed by atoms with Gasteiger partial charge in [0.1, 0.15) is 5.75 Å². The smallest absolute Gasteiger partial charge is 0.297 e. The van der Waals surface area contributed by atoms with Gasteiger partial charge in [-0.05, 0) is 44.2 Å². The summed E-state index contributed by atoms with van der Waals surface area (Å²) in [6.07, 6.45) is 0. The quantitative estimate of drug-likeness (QED) is 0.494. The van der Waals surface area contributed by atoms with Gasteiger partial charge in [-0.15, -0.1) is 0 Å². The van der Waals surface area contributed by atoms with E-state index in [1.807, 2.05) is 30.3 Å². The number of nitrogens with zero attached hydrogens (tertiary/aromatic N) is 2. The van der Waals surface area contributed by atoms with Crippen molar-refractivity contribution < 1.29 is 19.1 Å². The third kappa shape index (κ3) is 3.86. The predicted molar refractivity (Wildman–Crippen MR) is 108 cm³/mol. The fraction of sp³-hybridized carbons (Fsp3) is 0.143. The van der Waals surface area contributed by atoms with Gasteiger partial charge in [-0.1, -0.05) is 18.2 Å². The Balaban J connectivity index is 1.92. The van der Waals surface area contributed by atoms with E-state index in [-0.39, 0.29) is 16.8 Å². The van der Waals surface area contributed by atoms with Crippen LogP contribution in [0.3, 0.4) is 0 Å². The minimum atomic E-state index is -0.872. The van der Waals surface area contributed by atoms with Gasteiger partial charge < -0.3 is 15.8 Å². The van der Waals surface area contributed by atoms with Gasteiger partial charge >= 0.3 is 0 Å². The van der Waals surface area contributed by atoms with Gasteiger partial charge in [-0.2, -0.15) is 5.10 Å². The Bertz CT molecular complexity index is 1100. The molecule has 2 amide bonds. The van der Waals surface area contributed by atoms with Crippen LogP contribution < -0.4 is 15.8 Å². The number of nitrogens with two attached hydrogens (primary N) is 1. The Kier molecular flexibility index (Phi) is 5.45. The summed E-state index contributed by atoms with van der Waals surface area (Å²) in [6, 6.07) is 13.6. The van der Waals surface area contributed by atoms with Gasteiger partial charge in [-0.25, -0.2) is 4.68 Å². The first-order valence-electron chi connectivity index (χ1n) is 8.78. The predicted octanol–water partition coefficient (Wildman–Crippen LogP) is 2.42. The van der Waals surface area contributed by atoms with Gasteiger partial charge in [0.15, 0.2) is 0 Å². The summed E-state index contributed by atoms with van der Waals surface area (Å²) in [7, 11) is 1.41. The summed E-state index contributed by atoms with van der Waals surface area (Å²) in [5, 5.41) is 6.89. The van der Waals surface area contributed by atoms with Gasteiger partial charge in [0.2, 0.25) is 5.91 Å². The average Bonchev–Trinajstić information content (AvgIpc) is 3.01. The number of primary amides is 1. The van der Waals surface area contributed by atoms with Crippen LogP contribution in [0.4, 0.5) is 5.69 Å². The first-order chi connectivity index (χ1) is 13.8. The molecule has 29 heavy (non-hydrogen) atoms. The second-order valence-corrected chi connectivity index (χ2v) is 6.36. The highest BCUT2D eigenvalue weighted by atomic mass is 16.5. The number of ketones is 1. The van der Waals surface area contributed by atoms with Gasteiger partial charge in [0.05, 0.1) is 35.4 Å². The number of amides is 2. The Morgan fingerprint density at radius 3 is 2.38 bits per heavy atom. The summed E-state index contributed by atoms with van der Waals surface area (Å²) >= 11 is 0. The molecule has 3 aromatic rings. The number of hydrogen-bond donors (Lipinski definition) is 2. The van der Waals surface area contributed by atoms with Crippen molar-refractivity contribution >= 4 is 23.3 Å². The molecule has 3 N–H and O–H groups in total. The zero-order valence-corrected chi connectivity index (χ0v) is 16.2. The molecule has 1 heterocycles. The fourth-order valence-electron chi connectivity index (χ4n) is 3.04. The molecular weight excluding hydrogens is 372 g/mol. The van der Waals surface area contributed by atoms with E-state index < -0.39 is 17.6 Å². The number of ether oxygens (including phenoxy) is 1. The molecule has 148 valence electrons. The van der Waals surface area contributed by atoms with Crippen LogP contribution in [0.2, 0.25) is 0 Å². The number of carbonyl (C=O) groups is 3. The molecule has 0 atom stereocenters. The molecule has 0 aliphatic rings. The highest BCUT2D eigenvalue weighted by molar-refractivity contribution is 6.47. The summed E-state index contributed by atoms with van der Waals surface area (Å²) in [4.78, 5) is 36.9. The lowest BCUT2D eigenvalue weighted by Gasteiger charge is -2.11. The zero-order chi connectivity index (χ0) is 21.1. The fourth-order valence-corrected chi connectivity index (χ4v) is 3.04. The molecule has 2 aromatic carbocycles. The van der Waals surface area contributed by atoms with Crippen molar-refractivity contribution in [1.82, 2.24) is 9.78 Å². The largest absolute Gasteiger partial charge is 0.495 e. The minimum absolute atomic E-state index is 0.174. The van der Waals surface area contributed by atoms with E-state index in [0.717, 1.165) is 5.69 Å². The molecule has 0 aliphatic carbocycles. The van der Waals surface area contributed by atoms with E-state index in [2.05, 4.69) is 10.4 Å². The summed E-state index contributed by atoms with van der Waals surface area (Å²) in [5.74, 6) is -1.98. The van der Waals surface area contributed by atoms with Crippen LogP contribution in [-0.4, -0.2) is 34.5 Å². The Hall–Kier alpha value is -3.94. The number of para-hydroxylation sites is 1. The molecule has 0 spiro atoms. The van der Waals surface area contributed by atoms with Gasteiger partial charge in [0.25, 0.3) is 11.7 Å². The Morgan fingerprint density at radius 2 is 1.76 bits per heavy atom. The van der Waals surface area contributed by atoms with Crippen LogP contribution in [0.15, 0.2) is 48.5 Å². The standard InChI is InChI=1S/C21H20N4O4/c1-12-18(13(2)25(24-12)15-7-5-4-6-8-15)19(26)21(28)23-16-11-14(20(22)27)9-10-17(16)29-3/h4-11H,1-3H3,(H2,22,27)(H,23,28). The number of benzene rings is 2. The maximum atomic E-state index is 12.9. The first-order valence-corrected chi connectivity index (χ1v) is 8.78. The number of carbonyl (C=O) groups excluding carboxylic acids is 3. The SMILES string of the molecule is COc1ccc(C(N)=O)cc1NC(=O)C(=O)c1c(C)nn(-c2ccccc2)c1C. The maximum absolute atomic E-state index is 12.9. The van der Waals surface area contributed by atoms with E-state index in [4.69, 9.17) is 10.5 Å². The van der Waals surface area contributed by atoms with Crippen LogP contribution in [0.25, 0.3) is 5.69 Å². The Morgan fingerprint density at radius 1 is 1.07 bits per heavy atom.